The lowest BCUT2D eigenvalue weighted by Crippen LogP contribution is -2.03. The summed E-state index contributed by atoms with van der Waals surface area (Å²) in [6, 6.07) is 13.5. The third kappa shape index (κ3) is 5.47. The number of esters is 1. The fraction of sp³-hybridized carbons (Fsp3) is 0.0952. The summed E-state index contributed by atoms with van der Waals surface area (Å²) in [4.78, 5) is 12.0. The number of methoxy groups -OCH3 is 2. The van der Waals surface area contributed by atoms with Gasteiger partial charge in [-0.2, -0.15) is 10.5 Å². The van der Waals surface area contributed by atoms with Crippen molar-refractivity contribution < 1.29 is 19.0 Å². The van der Waals surface area contributed by atoms with Gasteiger partial charge in [0.25, 0.3) is 0 Å². The minimum absolute atomic E-state index is 0.00578. The van der Waals surface area contributed by atoms with Crippen molar-refractivity contribution in [3.63, 3.8) is 0 Å². The van der Waals surface area contributed by atoms with Crippen LogP contribution in [0.4, 0.5) is 0 Å². The monoisotopic (exact) mass is 438 g/mol. The van der Waals surface area contributed by atoms with Gasteiger partial charge in [0.05, 0.1) is 18.7 Å². The Balaban J connectivity index is 2.08. The van der Waals surface area contributed by atoms with Crippen LogP contribution in [0.1, 0.15) is 11.1 Å². The Morgan fingerprint density at radius 1 is 1.04 bits per heavy atom. The zero-order valence-electron chi connectivity index (χ0n) is 15.1. The Morgan fingerprint density at radius 2 is 1.71 bits per heavy atom. The molecule has 0 N–H and O–H groups in total. The van der Waals surface area contributed by atoms with Crippen molar-refractivity contribution in [2.24, 2.45) is 0 Å². The van der Waals surface area contributed by atoms with Crippen LogP contribution in [0.25, 0.3) is 12.2 Å². The minimum atomic E-state index is -0.552. The molecule has 2 rings (SSSR count). The van der Waals surface area contributed by atoms with Gasteiger partial charge in [0.2, 0.25) is 0 Å². The Hall–Kier alpha value is -3.55. The molecule has 6 nitrogen and oxygen atoms in total. The predicted octanol–water partition coefficient (Wildman–Crippen LogP) is 4.52. The van der Waals surface area contributed by atoms with Gasteiger partial charge in [0.1, 0.15) is 23.5 Å². The largest absolute Gasteiger partial charge is 0.493 e. The average molecular weight is 439 g/mol. The van der Waals surface area contributed by atoms with E-state index in [1.807, 2.05) is 0 Å². The molecule has 0 amide bonds. The number of allylic oxidation sites excluding steroid dienone is 1. The highest BCUT2D eigenvalue weighted by atomic mass is 79.9. The number of benzene rings is 2. The molecule has 0 bridgehead atoms. The van der Waals surface area contributed by atoms with Crippen LogP contribution in [0, 0.1) is 22.7 Å². The number of ether oxygens (including phenoxy) is 3. The molecule has 140 valence electrons. The zero-order valence-corrected chi connectivity index (χ0v) is 16.7. The Bertz CT molecular complexity index is 996. The summed E-state index contributed by atoms with van der Waals surface area (Å²) in [6.45, 7) is 0. The van der Waals surface area contributed by atoms with Gasteiger partial charge in [-0.3, -0.25) is 0 Å². The maximum absolute atomic E-state index is 12.0. The van der Waals surface area contributed by atoms with E-state index in [4.69, 9.17) is 24.7 Å². The molecule has 0 aliphatic rings. The molecular formula is C21H15BrN2O4. The van der Waals surface area contributed by atoms with E-state index >= 15 is 0 Å². The van der Waals surface area contributed by atoms with Gasteiger partial charge >= 0.3 is 5.97 Å². The molecule has 0 saturated carbocycles. The predicted molar refractivity (Wildman–Crippen MR) is 108 cm³/mol. The molecule has 0 fully saturated rings. The number of nitrogens with zero attached hydrogens (tertiary/aromatic N) is 2. The second-order valence-electron chi connectivity index (χ2n) is 5.34. The van der Waals surface area contributed by atoms with Crippen molar-refractivity contribution in [1.82, 2.24) is 0 Å². The number of halogens is 1. The lowest BCUT2D eigenvalue weighted by molar-refractivity contribution is -0.128. The Morgan fingerprint density at radius 3 is 2.29 bits per heavy atom. The molecule has 28 heavy (non-hydrogen) atoms. The van der Waals surface area contributed by atoms with Gasteiger partial charge in [-0.25, -0.2) is 4.79 Å². The third-order valence-corrected chi connectivity index (χ3v) is 4.11. The van der Waals surface area contributed by atoms with Crippen molar-refractivity contribution in [2.75, 3.05) is 14.2 Å². The number of nitriles is 2. The van der Waals surface area contributed by atoms with Crippen LogP contribution in [0.15, 0.2) is 52.5 Å². The number of carbonyl (C=O) groups is 1. The summed E-state index contributed by atoms with van der Waals surface area (Å²) in [6.07, 6.45) is 4.34. The van der Waals surface area contributed by atoms with Gasteiger partial charge in [0, 0.05) is 6.08 Å². The number of carbonyl (C=O) groups excluding carboxylic acids is 1. The lowest BCUT2D eigenvalue weighted by Gasteiger charge is -2.10. The molecule has 0 aromatic heterocycles. The zero-order chi connectivity index (χ0) is 20.5. The normalized spacial score (nSPS) is 9.89. The minimum Gasteiger partial charge on any atom is -0.493 e. The first-order chi connectivity index (χ1) is 13.5. The second kappa shape index (κ2) is 9.96. The fourth-order valence-electron chi connectivity index (χ4n) is 2.24. The van der Waals surface area contributed by atoms with Gasteiger partial charge in [-0.05, 0) is 63.5 Å². The fourth-order valence-corrected chi connectivity index (χ4v) is 2.86. The quantitative estimate of drug-likeness (QED) is 0.285. The van der Waals surface area contributed by atoms with E-state index in [0.717, 1.165) is 5.56 Å². The van der Waals surface area contributed by atoms with E-state index < -0.39 is 5.97 Å². The highest BCUT2D eigenvalue weighted by molar-refractivity contribution is 9.10. The summed E-state index contributed by atoms with van der Waals surface area (Å²) in [5.41, 5.74) is 1.37. The van der Waals surface area contributed by atoms with Crippen molar-refractivity contribution in [3.05, 3.63) is 63.6 Å². The van der Waals surface area contributed by atoms with E-state index in [1.165, 1.54) is 26.4 Å². The van der Waals surface area contributed by atoms with Crippen LogP contribution in [0.3, 0.4) is 0 Å². The van der Waals surface area contributed by atoms with E-state index in [-0.39, 0.29) is 5.57 Å². The molecule has 0 spiro atoms. The van der Waals surface area contributed by atoms with E-state index in [0.29, 0.717) is 27.3 Å². The van der Waals surface area contributed by atoms with Gasteiger partial charge < -0.3 is 14.2 Å². The first kappa shape index (κ1) is 20.8. The Labute approximate surface area is 171 Å². The van der Waals surface area contributed by atoms with E-state index in [2.05, 4.69) is 15.9 Å². The molecular weight excluding hydrogens is 424 g/mol. The molecule has 0 radical (unpaired) electrons. The van der Waals surface area contributed by atoms with Crippen molar-refractivity contribution >= 4 is 34.1 Å². The number of rotatable bonds is 6. The summed E-state index contributed by atoms with van der Waals surface area (Å²) in [7, 11) is 3.07. The van der Waals surface area contributed by atoms with Crippen LogP contribution in [-0.2, 0) is 4.79 Å². The first-order valence-corrected chi connectivity index (χ1v) is 8.73. The molecule has 0 atom stereocenters. The van der Waals surface area contributed by atoms with Crippen molar-refractivity contribution in [1.29, 1.82) is 10.5 Å². The SMILES string of the molecule is COc1cc(/C=C/C(=O)Oc2ccc(C=C(C#N)C#N)cc2)cc(Br)c1OC. The van der Waals surface area contributed by atoms with Crippen molar-refractivity contribution in [3.8, 4) is 29.4 Å². The van der Waals surface area contributed by atoms with Gasteiger partial charge in [0.15, 0.2) is 11.5 Å². The topological polar surface area (TPSA) is 92.3 Å². The van der Waals surface area contributed by atoms with Crippen LogP contribution in [-0.4, -0.2) is 20.2 Å². The maximum atomic E-state index is 12.0. The molecule has 0 heterocycles. The highest BCUT2D eigenvalue weighted by Crippen LogP contribution is 2.36. The van der Waals surface area contributed by atoms with E-state index in [9.17, 15) is 4.79 Å². The van der Waals surface area contributed by atoms with Crippen LogP contribution < -0.4 is 14.2 Å². The van der Waals surface area contributed by atoms with Crippen LogP contribution in [0.2, 0.25) is 0 Å². The lowest BCUT2D eigenvalue weighted by atomic mass is 10.1. The molecule has 2 aromatic carbocycles. The summed E-state index contributed by atoms with van der Waals surface area (Å²) in [5.74, 6) is 0.884. The summed E-state index contributed by atoms with van der Waals surface area (Å²) < 4.78 is 16.4. The van der Waals surface area contributed by atoms with Gasteiger partial charge in [-0.15, -0.1) is 0 Å². The molecule has 0 aliphatic heterocycles. The van der Waals surface area contributed by atoms with Crippen LogP contribution >= 0.6 is 15.9 Å². The second-order valence-corrected chi connectivity index (χ2v) is 6.20. The molecule has 7 heteroatoms. The number of hydrogen-bond donors (Lipinski definition) is 0. The smallest absolute Gasteiger partial charge is 0.336 e. The maximum Gasteiger partial charge on any atom is 0.336 e. The molecule has 2 aromatic rings. The summed E-state index contributed by atoms with van der Waals surface area (Å²) in [5, 5.41) is 17.5. The van der Waals surface area contributed by atoms with Gasteiger partial charge in [-0.1, -0.05) is 12.1 Å². The number of hydrogen-bond acceptors (Lipinski definition) is 6. The van der Waals surface area contributed by atoms with Crippen LogP contribution in [0.5, 0.6) is 17.2 Å². The average Bonchev–Trinajstić information content (AvgIpc) is 2.71. The highest BCUT2D eigenvalue weighted by Gasteiger charge is 2.09. The molecule has 0 aliphatic carbocycles. The Kier molecular flexibility index (Phi) is 7.38. The molecule has 0 saturated heterocycles. The van der Waals surface area contributed by atoms with E-state index in [1.54, 1.807) is 54.6 Å². The summed E-state index contributed by atoms with van der Waals surface area (Å²) >= 11 is 3.39. The molecule has 0 unspecified atom stereocenters. The van der Waals surface area contributed by atoms with Crippen molar-refractivity contribution in [2.45, 2.75) is 0 Å². The first-order valence-electron chi connectivity index (χ1n) is 7.94. The third-order valence-electron chi connectivity index (χ3n) is 3.52. The standard InChI is InChI=1S/C21H15BrN2O4/c1-26-19-11-15(10-18(22)21(19)27-2)5-8-20(25)28-17-6-3-14(4-7-17)9-16(12-23)13-24/h3-11H,1-2H3/b8-5+.